The lowest BCUT2D eigenvalue weighted by Crippen LogP contribution is -1.98. The van der Waals surface area contributed by atoms with Gasteiger partial charge in [-0.15, -0.1) is 0 Å². The minimum absolute atomic E-state index is 0.771. The molecular formula is C18H27N3. The van der Waals surface area contributed by atoms with E-state index in [1.54, 1.807) is 0 Å². The van der Waals surface area contributed by atoms with Gasteiger partial charge in [0, 0.05) is 12.6 Å². The number of nitrogen functional groups attached to an aromatic ring is 1. The van der Waals surface area contributed by atoms with Crippen molar-refractivity contribution < 1.29 is 0 Å². The molecule has 0 spiro atoms. The molecule has 0 saturated heterocycles. The highest BCUT2D eigenvalue weighted by atomic mass is 15.3. The summed E-state index contributed by atoms with van der Waals surface area (Å²) < 4.78 is 1.81. The summed E-state index contributed by atoms with van der Waals surface area (Å²) in [5, 5.41) is 4.64. The van der Waals surface area contributed by atoms with Gasteiger partial charge in [0.1, 0.15) is 5.82 Å². The van der Waals surface area contributed by atoms with Gasteiger partial charge in [0.25, 0.3) is 0 Å². The fourth-order valence-corrected chi connectivity index (χ4v) is 2.81. The molecule has 0 bridgehead atoms. The SMILES string of the molecule is CCCCCCCc1nn(C)c(N)c1-c1ccccc1C. The Kier molecular flexibility index (Phi) is 5.43. The maximum absolute atomic E-state index is 6.26. The molecule has 0 amide bonds. The molecular weight excluding hydrogens is 258 g/mol. The Morgan fingerprint density at radius 3 is 2.52 bits per heavy atom. The molecule has 0 fully saturated rings. The van der Waals surface area contributed by atoms with Crippen LogP contribution in [0, 0.1) is 6.92 Å². The highest BCUT2D eigenvalue weighted by molar-refractivity contribution is 5.78. The second kappa shape index (κ2) is 7.30. The number of anilines is 1. The maximum atomic E-state index is 6.26. The third-order valence-electron chi connectivity index (χ3n) is 4.10. The van der Waals surface area contributed by atoms with Crippen LogP contribution in [0.4, 0.5) is 5.82 Å². The van der Waals surface area contributed by atoms with Gasteiger partial charge in [0.2, 0.25) is 0 Å². The van der Waals surface area contributed by atoms with Crippen molar-refractivity contribution in [2.24, 2.45) is 7.05 Å². The number of aryl methyl sites for hydroxylation is 3. The Bertz CT molecular complexity index is 584. The summed E-state index contributed by atoms with van der Waals surface area (Å²) in [7, 11) is 1.93. The fourth-order valence-electron chi connectivity index (χ4n) is 2.81. The zero-order valence-electron chi connectivity index (χ0n) is 13.5. The van der Waals surface area contributed by atoms with Crippen LogP contribution in [0.5, 0.6) is 0 Å². The Labute approximate surface area is 128 Å². The number of aromatic nitrogens is 2. The van der Waals surface area contributed by atoms with Gasteiger partial charge in [-0.05, 0) is 30.9 Å². The lowest BCUT2D eigenvalue weighted by atomic mass is 9.98. The van der Waals surface area contributed by atoms with Crippen LogP contribution in [0.1, 0.15) is 50.3 Å². The maximum Gasteiger partial charge on any atom is 0.129 e. The molecule has 3 heteroatoms. The first kappa shape index (κ1) is 15.6. The van der Waals surface area contributed by atoms with Crippen LogP contribution in [0.15, 0.2) is 24.3 Å². The lowest BCUT2D eigenvalue weighted by Gasteiger charge is -2.07. The van der Waals surface area contributed by atoms with E-state index < -0.39 is 0 Å². The average Bonchev–Trinajstić information content (AvgIpc) is 2.75. The van der Waals surface area contributed by atoms with Crippen LogP contribution in [-0.2, 0) is 13.5 Å². The summed E-state index contributed by atoms with van der Waals surface area (Å²) in [4.78, 5) is 0. The summed E-state index contributed by atoms with van der Waals surface area (Å²) in [6, 6.07) is 8.41. The van der Waals surface area contributed by atoms with E-state index in [0.29, 0.717) is 0 Å². The minimum Gasteiger partial charge on any atom is -0.383 e. The summed E-state index contributed by atoms with van der Waals surface area (Å²) >= 11 is 0. The van der Waals surface area contributed by atoms with Crippen LogP contribution < -0.4 is 5.73 Å². The Hall–Kier alpha value is -1.77. The van der Waals surface area contributed by atoms with E-state index in [9.17, 15) is 0 Å². The molecule has 2 aromatic rings. The predicted octanol–water partition coefficient (Wildman–Crippen LogP) is 4.49. The summed E-state index contributed by atoms with van der Waals surface area (Å²) in [6.45, 7) is 4.38. The van der Waals surface area contributed by atoms with Gasteiger partial charge in [0.05, 0.1) is 5.69 Å². The zero-order chi connectivity index (χ0) is 15.2. The second-order valence-electron chi connectivity index (χ2n) is 5.81. The van der Waals surface area contributed by atoms with E-state index in [2.05, 4.69) is 43.2 Å². The van der Waals surface area contributed by atoms with Crippen LogP contribution in [0.3, 0.4) is 0 Å². The van der Waals surface area contributed by atoms with Gasteiger partial charge >= 0.3 is 0 Å². The van der Waals surface area contributed by atoms with Crippen molar-refractivity contribution in [2.45, 2.75) is 52.4 Å². The van der Waals surface area contributed by atoms with Crippen molar-refractivity contribution >= 4 is 5.82 Å². The predicted molar refractivity (Wildman–Crippen MR) is 90.3 cm³/mol. The first-order chi connectivity index (χ1) is 10.1. The van der Waals surface area contributed by atoms with Gasteiger partial charge in [-0.1, -0.05) is 56.9 Å². The highest BCUT2D eigenvalue weighted by Crippen LogP contribution is 2.32. The van der Waals surface area contributed by atoms with Crippen molar-refractivity contribution in [3.8, 4) is 11.1 Å². The quantitative estimate of drug-likeness (QED) is 0.762. The number of nitrogens with two attached hydrogens (primary N) is 1. The van der Waals surface area contributed by atoms with Gasteiger partial charge in [-0.2, -0.15) is 5.10 Å². The number of rotatable bonds is 7. The zero-order valence-corrected chi connectivity index (χ0v) is 13.5. The fraction of sp³-hybridized carbons (Fsp3) is 0.500. The smallest absolute Gasteiger partial charge is 0.129 e. The first-order valence-corrected chi connectivity index (χ1v) is 8.02. The van der Waals surface area contributed by atoms with Crippen LogP contribution in [0.25, 0.3) is 11.1 Å². The van der Waals surface area contributed by atoms with E-state index in [0.717, 1.165) is 23.5 Å². The molecule has 0 unspecified atom stereocenters. The van der Waals surface area contributed by atoms with Gasteiger partial charge in [-0.3, -0.25) is 4.68 Å². The number of hydrogen-bond acceptors (Lipinski definition) is 2. The number of unbranched alkanes of at least 4 members (excludes halogenated alkanes) is 4. The molecule has 114 valence electrons. The summed E-state index contributed by atoms with van der Waals surface area (Å²) in [6.07, 6.45) is 7.41. The topological polar surface area (TPSA) is 43.8 Å². The van der Waals surface area contributed by atoms with Crippen molar-refractivity contribution in [2.75, 3.05) is 5.73 Å². The molecule has 0 aliphatic rings. The van der Waals surface area contributed by atoms with Crippen LogP contribution in [0.2, 0.25) is 0 Å². The molecule has 2 rings (SSSR count). The number of nitrogens with zero attached hydrogens (tertiary/aromatic N) is 2. The normalized spacial score (nSPS) is 11.0. The Morgan fingerprint density at radius 1 is 1.10 bits per heavy atom. The molecule has 0 aliphatic heterocycles. The van der Waals surface area contributed by atoms with E-state index >= 15 is 0 Å². The molecule has 0 aliphatic carbocycles. The number of hydrogen-bond donors (Lipinski definition) is 1. The molecule has 0 radical (unpaired) electrons. The van der Waals surface area contributed by atoms with E-state index in [-0.39, 0.29) is 0 Å². The van der Waals surface area contributed by atoms with Crippen molar-refractivity contribution in [1.29, 1.82) is 0 Å². The molecule has 1 aromatic carbocycles. The molecule has 21 heavy (non-hydrogen) atoms. The third kappa shape index (κ3) is 3.66. The van der Waals surface area contributed by atoms with Crippen LogP contribution >= 0.6 is 0 Å². The van der Waals surface area contributed by atoms with Crippen molar-refractivity contribution in [1.82, 2.24) is 9.78 Å². The molecule has 3 nitrogen and oxygen atoms in total. The summed E-state index contributed by atoms with van der Waals surface area (Å²) in [5.41, 5.74) is 11.0. The monoisotopic (exact) mass is 285 g/mol. The largest absolute Gasteiger partial charge is 0.383 e. The molecule has 0 saturated carbocycles. The second-order valence-corrected chi connectivity index (χ2v) is 5.81. The van der Waals surface area contributed by atoms with Crippen molar-refractivity contribution in [3.05, 3.63) is 35.5 Å². The van der Waals surface area contributed by atoms with Gasteiger partial charge in [0.15, 0.2) is 0 Å². The van der Waals surface area contributed by atoms with E-state index in [4.69, 9.17) is 5.73 Å². The first-order valence-electron chi connectivity index (χ1n) is 8.02. The van der Waals surface area contributed by atoms with Crippen LogP contribution in [-0.4, -0.2) is 9.78 Å². The minimum atomic E-state index is 0.771. The van der Waals surface area contributed by atoms with Gasteiger partial charge in [-0.25, -0.2) is 0 Å². The summed E-state index contributed by atoms with van der Waals surface area (Å²) in [5.74, 6) is 0.771. The number of benzene rings is 1. The van der Waals surface area contributed by atoms with E-state index in [1.165, 1.54) is 43.2 Å². The standard InChI is InChI=1S/C18H27N3/c1-4-5-6-7-8-13-16-17(18(19)21(3)20-16)15-12-10-9-11-14(15)2/h9-12H,4-8,13,19H2,1-3H3. The average molecular weight is 285 g/mol. The Balaban J connectivity index is 2.19. The third-order valence-corrected chi connectivity index (χ3v) is 4.10. The lowest BCUT2D eigenvalue weighted by molar-refractivity contribution is 0.623. The van der Waals surface area contributed by atoms with Crippen molar-refractivity contribution in [3.63, 3.8) is 0 Å². The molecule has 1 heterocycles. The highest BCUT2D eigenvalue weighted by Gasteiger charge is 2.16. The van der Waals surface area contributed by atoms with E-state index in [1.807, 2.05) is 11.7 Å². The molecule has 0 atom stereocenters. The molecule has 2 N–H and O–H groups in total. The Morgan fingerprint density at radius 2 is 1.81 bits per heavy atom. The van der Waals surface area contributed by atoms with Gasteiger partial charge < -0.3 is 5.73 Å². The molecule has 1 aromatic heterocycles.